The van der Waals surface area contributed by atoms with Gasteiger partial charge in [-0.3, -0.25) is 0 Å². The lowest BCUT2D eigenvalue weighted by molar-refractivity contribution is 0.311. The van der Waals surface area contributed by atoms with Crippen LogP contribution < -0.4 is 10.6 Å². The van der Waals surface area contributed by atoms with E-state index in [0.29, 0.717) is 0 Å². The SMILES string of the molecule is CSc1cccc(N2CCC(C(C)C)CC2)c1/C(N)=N/O. The standard InChI is InChI=1S/C16H25N3OS/c1-11(2)12-7-9-19(10-8-12)13-5-4-6-14(21-3)15(13)16(17)18-20/h4-6,11-12,20H,7-10H2,1-3H3,(H2,17,18). The molecular weight excluding hydrogens is 282 g/mol. The van der Waals surface area contributed by atoms with E-state index in [4.69, 9.17) is 10.9 Å². The summed E-state index contributed by atoms with van der Waals surface area (Å²) in [6.07, 6.45) is 4.42. The molecular formula is C16H25N3OS. The highest BCUT2D eigenvalue weighted by Gasteiger charge is 2.24. The zero-order valence-electron chi connectivity index (χ0n) is 13.0. The van der Waals surface area contributed by atoms with Crippen LogP contribution in [0.25, 0.3) is 0 Å². The van der Waals surface area contributed by atoms with Gasteiger partial charge in [-0.05, 0) is 43.1 Å². The summed E-state index contributed by atoms with van der Waals surface area (Å²) < 4.78 is 0. The van der Waals surface area contributed by atoms with Crippen molar-refractivity contribution in [1.29, 1.82) is 0 Å². The van der Waals surface area contributed by atoms with Crippen LogP contribution in [0.3, 0.4) is 0 Å². The van der Waals surface area contributed by atoms with Crippen molar-refractivity contribution in [3.8, 4) is 0 Å². The first-order valence-corrected chi connectivity index (χ1v) is 8.70. The molecule has 4 nitrogen and oxygen atoms in total. The molecule has 3 N–H and O–H groups in total. The van der Waals surface area contributed by atoms with E-state index in [2.05, 4.69) is 30.0 Å². The van der Waals surface area contributed by atoms with E-state index in [1.54, 1.807) is 11.8 Å². The minimum atomic E-state index is 0.195. The van der Waals surface area contributed by atoms with Gasteiger partial charge >= 0.3 is 0 Å². The molecule has 0 unspecified atom stereocenters. The zero-order valence-corrected chi connectivity index (χ0v) is 13.9. The van der Waals surface area contributed by atoms with E-state index in [1.165, 1.54) is 12.8 Å². The van der Waals surface area contributed by atoms with Crippen molar-refractivity contribution in [2.24, 2.45) is 22.7 Å². The largest absolute Gasteiger partial charge is 0.409 e. The van der Waals surface area contributed by atoms with Gasteiger partial charge in [0.25, 0.3) is 0 Å². The maximum absolute atomic E-state index is 9.08. The first-order chi connectivity index (χ1) is 10.1. The number of hydrogen-bond acceptors (Lipinski definition) is 4. The lowest BCUT2D eigenvalue weighted by Gasteiger charge is -2.36. The molecule has 0 radical (unpaired) electrons. The molecule has 1 aliphatic rings. The number of benzene rings is 1. The van der Waals surface area contributed by atoms with Crippen molar-refractivity contribution in [3.05, 3.63) is 23.8 Å². The fourth-order valence-corrected chi connectivity index (χ4v) is 3.70. The molecule has 0 spiro atoms. The molecule has 116 valence electrons. The van der Waals surface area contributed by atoms with Crippen LogP contribution in [-0.2, 0) is 0 Å². The summed E-state index contributed by atoms with van der Waals surface area (Å²) in [5, 5.41) is 12.3. The molecule has 0 bridgehead atoms. The Morgan fingerprint density at radius 1 is 1.38 bits per heavy atom. The van der Waals surface area contributed by atoms with Crippen LogP contribution >= 0.6 is 11.8 Å². The molecule has 0 atom stereocenters. The predicted octanol–water partition coefficient (Wildman–Crippen LogP) is 3.38. The zero-order chi connectivity index (χ0) is 15.4. The third kappa shape index (κ3) is 3.46. The van der Waals surface area contributed by atoms with Crippen molar-refractivity contribution in [1.82, 2.24) is 0 Å². The first kappa shape index (κ1) is 16.0. The lowest BCUT2D eigenvalue weighted by Crippen LogP contribution is -2.36. The number of rotatable bonds is 4. The molecule has 21 heavy (non-hydrogen) atoms. The van der Waals surface area contributed by atoms with E-state index < -0.39 is 0 Å². The quantitative estimate of drug-likeness (QED) is 0.294. The summed E-state index contributed by atoms with van der Waals surface area (Å²) >= 11 is 1.62. The Morgan fingerprint density at radius 3 is 2.57 bits per heavy atom. The Morgan fingerprint density at radius 2 is 2.05 bits per heavy atom. The van der Waals surface area contributed by atoms with Gasteiger partial charge in [0.1, 0.15) is 0 Å². The second-order valence-corrected chi connectivity index (χ2v) is 6.76. The van der Waals surface area contributed by atoms with E-state index in [-0.39, 0.29) is 5.84 Å². The fraction of sp³-hybridized carbons (Fsp3) is 0.562. The van der Waals surface area contributed by atoms with Gasteiger partial charge in [-0.15, -0.1) is 11.8 Å². The molecule has 1 aromatic rings. The number of thioether (sulfide) groups is 1. The molecule has 0 aromatic heterocycles. The fourth-order valence-electron chi connectivity index (χ4n) is 3.07. The van der Waals surface area contributed by atoms with Gasteiger partial charge in [-0.2, -0.15) is 0 Å². The Labute approximate surface area is 131 Å². The lowest BCUT2D eigenvalue weighted by atomic mass is 9.86. The van der Waals surface area contributed by atoms with Gasteiger partial charge in [0.05, 0.1) is 5.56 Å². The molecule has 1 aliphatic heterocycles. The maximum atomic E-state index is 9.08. The second-order valence-electron chi connectivity index (χ2n) is 5.91. The Hall–Kier alpha value is -1.36. The monoisotopic (exact) mass is 307 g/mol. The highest BCUT2D eigenvalue weighted by atomic mass is 32.2. The van der Waals surface area contributed by atoms with Crippen LogP contribution in [0.5, 0.6) is 0 Å². The van der Waals surface area contributed by atoms with Gasteiger partial charge in [-0.1, -0.05) is 25.1 Å². The molecule has 0 aliphatic carbocycles. The third-order valence-electron chi connectivity index (χ3n) is 4.41. The van der Waals surface area contributed by atoms with Gasteiger partial charge in [0, 0.05) is 23.7 Å². The predicted molar refractivity (Wildman–Crippen MR) is 90.5 cm³/mol. The topological polar surface area (TPSA) is 61.8 Å². The molecule has 2 rings (SSSR count). The molecule has 0 amide bonds. The van der Waals surface area contributed by atoms with Crippen molar-refractivity contribution in [2.75, 3.05) is 24.2 Å². The molecule has 1 fully saturated rings. The Balaban J connectivity index is 2.28. The van der Waals surface area contributed by atoms with E-state index >= 15 is 0 Å². The molecule has 0 saturated carbocycles. The van der Waals surface area contributed by atoms with Crippen LogP contribution in [0.1, 0.15) is 32.3 Å². The number of hydrogen-bond donors (Lipinski definition) is 2. The molecule has 1 heterocycles. The third-order valence-corrected chi connectivity index (χ3v) is 5.19. The normalized spacial score (nSPS) is 17.5. The van der Waals surface area contributed by atoms with Crippen LogP contribution in [0.4, 0.5) is 5.69 Å². The minimum absolute atomic E-state index is 0.195. The Kier molecular flexibility index (Phi) is 5.39. The summed E-state index contributed by atoms with van der Waals surface area (Å²) in [7, 11) is 0. The molecule has 5 heteroatoms. The van der Waals surface area contributed by atoms with Crippen molar-refractivity contribution in [3.63, 3.8) is 0 Å². The number of nitrogens with zero attached hydrogens (tertiary/aromatic N) is 2. The van der Waals surface area contributed by atoms with Crippen molar-refractivity contribution >= 4 is 23.3 Å². The number of piperidine rings is 1. The minimum Gasteiger partial charge on any atom is -0.409 e. The van der Waals surface area contributed by atoms with Gasteiger partial charge in [0.2, 0.25) is 0 Å². The first-order valence-electron chi connectivity index (χ1n) is 7.48. The number of anilines is 1. The average Bonchev–Trinajstić information content (AvgIpc) is 2.53. The van der Waals surface area contributed by atoms with Crippen molar-refractivity contribution in [2.45, 2.75) is 31.6 Å². The summed E-state index contributed by atoms with van der Waals surface area (Å²) in [6, 6.07) is 6.13. The summed E-state index contributed by atoms with van der Waals surface area (Å²) in [6.45, 7) is 6.67. The number of oxime groups is 1. The van der Waals surface area contributed by atoms with Gasteiger partial charge < -0.3 is 15.8 Å². The van der Waals surface area contributed by atoms with E-state index in [0.717, 1.165) is 41.1 Å². The average molecular weight is 307 g/mol. The van der Waals surface area contributed by atoms with Gasteiger partial charge in [-0.25, -0.2) is 0 Å². The van der Waals surface area contributed by atoms with Crippen LogP contribution in [-0.4, -0.2) is 30.4 Å². The maximum Gasteiger partial charge on any atom is 0.173 e. The van der Waals surface area contributed by atoms with Gasteiger partial charge in [0.15, 0.2) is 5.84 Å². The van der Waals surface area contributed by atoms with E-state index in [1.807, 2.05) is 18.4 Å². The summed E-state index contributed by atoms with van der Waals surface area (Å²) in [5.41, 5.74) is 7.85. The van der Waals surface area contributed by atoms with Crippen molar-refractivity contribution < 1.29 is 5.21 Å². The summed E-state index contributed by atoms with van der Waals surface area (Å²) in [4.78, 5) is 3.42. The highest BCUT2D eigenvalue weighted by Crippen LogP contribution is 2.33. The molecule has 1 saturated heterocycles. The number of amidine groups is 1. The van der Waals surface area contributed by atoms with Crippen LogP contribution in [0.15, 0.2) is 28.3 Å². The Bertz CT molecular complexity index is 508. The van der Waals surface area contributed by atoms with Crippen LogP contribution in [0.2, 0.25) is 0 Å². The summed E-state index contributed by atoms with van der Waals surface area (Å²) in [5.74, 6) is 1.74. The number of nitrogens with two attached hydrogens (primary N) is 1. The second kappa shape index (κ2) is 7.07. The van der Waals surface area contributed by atoms with E-state index in [9.17, 15) is 0 Å². The molecule has 1 aromatic carbocycles. The highest BCUT2D eigenvalue weighted by molar-refractivity contribution is 7.98. The smallest absolute Gasteiger partial charge is 0.173 e. The van der Waals surface area contributed by atoms with Crippen LogP contribution in [0, 0.1) is 11.8 Å².